The van der Waals surface area contributed by atoms with Crippen LogP contribution in [0.5, 0.6) is 0 Å². The summed E-state index contributed by atoms with van der Waals surface area (Å²) in [7, 11) is 0. The molecular formula is C14H17N3O4. The van der Waals surface area contributed by atoms with Gasteiger partial charge in [0.15, 0.2) is 5.78 Å². The lowest BCUT2D eigenvalue weighted by molar-refractivity contribution is -0.136. The largest absolute Gasteiger partial charge is 0.359 e. The van der Waals surface area contributed by atoms with Crippen molar-refractivity contribution in [1.29, 1.82) is 0 Å². The van der Waals surface area contributed by atoms with Crippen molar-refractivity contribution in [3.63, 3.8) is 0 Å². The third-order valence-corrected chi connectivity index (χ3v) is 2.62. The topological polar surface area (TPSA) is 104 Å². The molecule has 0 unspecified atom stereocenters. The maximum absolute atomic E-state index is 11.6. The fourth-order valence-electron chi connectivity index (χ4n) is 1.51. The standard InChI is InChI=1S/C14H17N3O4/c1-10(19)11-3-5-12(6-4-11)17-14(21)13(20)16-8-2-7-15-9-18/h3-6,9H,2,7-8H2,1H3,(H,15,18)(H,16,20)(H,17,21). The van der Waals surface area contributed by atoms with Gasteiger partial charge in [-0.1, -0.05) is 0 Å². The number of hydrogen-bond donors (Lipinski definition) is 3. The number of benzene rings is 1. The molecule has 7 nitrogen and oxygen atoms in total. The van der Waals surface area contributed by atoms with Gasteiger partial charge in [0.2, 0.25) is 6.41 Å². The predicted octanol–water partition coefficient (Wildman–Crippen LogP) is 0.0800. The van der Waals surface area contributed by atoms with Crippen molar-refractivity contribution in [3.8, 4) is 0 Å². The molecule has 0 radical (unpaired) electrons. The van der Waals surface area contributed by atoms with Crippen LogP contribution in [0.1, 0.15) is 23.7 Å². The Hall–Kier alpha value is -2.70. The van der Waals surface area contributed by atoms with E-state index in [4.69, 9.17) is 0 Å². The smallest absolute Gasteiger partial charge is 0.313 e. The Balaban J connectivity index is 2.39. The zero-order chi connectivity index (χ0) is 15.7. The van der Waals surface area contributed by atoms with E-state index in [1.807, 2.05) is 0 Å². The van der Waals surface area contributed by atoms with Gasteiger partial charge in [0, 0.05) is 24.3 Å². The molecule has 0 aliphatic carbocycles. The van der Waals surface area contributed by atoms with Crippen molar-refractivity contribution in [2.24, 2.45) is 0 Å². The summed E-state index contributed by atoms with van der Waals surface area (Å²) in [6.07, 6.45) is 1.10. The van der Waals surface area contributed by atoms with E-state index in [1.54, 1.807) is 24.3 Å². The van der Waals surface area contributed by atoms with E-state index >= 15 is 0 Å². The molecule has 1 rings (SSSR count). The molecule has 0 fully saturated rings. The third-order valence-electron chi connectivity index (χ3n) is 2.62. The Kier molecular flexibility index (Phi) is 6.59. The van der Waals surface area contributed by atoms with E-state index in [9.17, 15) is 19.2 Å². The van der Waals surface area contributed by atoms with Crippen molar-refractivity contribution in [2.75, 3.05) is 18.4 Å². The van der Waals surface area contributed by atoms with Crippen molar-refractivity contribution >= 4 is 29.7 Å². The molecule has 0 bridgehead atoms. The monoisotopic (exact) mass is 291 g/mol. The Morgan fingerprint density at radius 2 is 1.71 bits per heavy atom. The molecule has 0 aromatic heterocycles. The van der Waals surface area contributed by atoms with E-state index in [0.717, 1.165) is 0 Å². The van der Waals surface area contributed by atoms with Gasteiger partial charge in [-0.05, 0) is 37.6 Å². The number of carbonyl (C=O) groups is 4. The van der Waals surface area contributed by atoms with Gasteiger partial charge in [-0.3, -0.25) is 19.2 Å². The summed E-state index contributed by atoms with van der Waals surface area (Å²) in [5.41, 5.74) is 0.961. The zero-order valence-electron chi connectivity index (χ0n) is 11.6. The van der Waals surface area contributed by atoms with Crippen LogP contribution in [0.15, 0.2) is 24.3 Å². The molecule has 0 spiro atoms. The molecule has 0 saturated carbocycles. The fraction of sp³-hybridized carbons (Fsp3) is 0.286. The normalized spacial score (nSPS) is 9.57. The minimum absolute atomic E-state index is 0.0745. The number of Topliss-reactive ketones (excluding diaryl/α,β-unsaturated/α-hetero) is 1. The van der Waals surface area contributed by atoms with Crippen LogP contribution in [-0.4, -0.2) is 37.1 Å². The highest BCUT2D eigenvalue weighted by Crippen LogP contribution is 2.09. The van der Waals surface area contributed by atoms with E-state index < -0.39 is 11.8 Å². The second-order valence-electron chi connectivity index (χ2n) is 4.27. The second-order valence-corrected chi connectivity index (χ2v) is 4.27. The quantitative estimate of drug-likeness (QED) is 0.286. The number of anilines is 1. The van der Waals surface area contributed by atoms with E-state index in [-0.39, 0.29) is 12.3 Å². The molecular weight excluding hydrogens is 274 g/mol. The molecule has 0 saturated heterocycles. The van der Waals surface area contributed by atoms with Gasteiger partial charge < -0.3 is 16.0 Å². The Bertz CT molecular complexity index is 526. The lowest BCUT2D eigenvalue weighted by atomic mass is 10.1. The van der Waals surface area contributed by atoms with E-state index in [0.29, 0.717) is 30.6 Å². The first kappa shape index (κ1) is 16.4. The predicted molar refractivity (Wildman–Crippen MR) is 76.8 cm³/mol. The van der Waals surface area contributed by atoms with Gasteiger partial charge in [0.05, 0.1) is 0 Å². The molecule has 1 aromatic rings. The first-order chi connectivity index (χ1) is 10.0. The van der Waals surface area contributed by atoms with Crippen molar-refractivity contribution in [1.82, 2.24) is 10.6 Å². The van der Waals surface area contributed by atoms with E-state index in [1.165, 1.54) is 6.92 Å². The van der Waals surface area contributed by atoms with Gasteiger partial charge >= 0.3 is 11.8 Å². The third kappa shape index (κ3) is 5.85. The number of ketones is 1. The van der Waals surface area contributed by atoms with Crippen molar-refractivity contribution in [3.05, 3.63) is 29.8 Å². The summed E-state index contributed by atoms with van der Waals surface area (Å²) in [6, 6.07) is 6.24. The highest BCUT2D eigenvalue weighted by atomic mass is 16.2. The highest BCUT2D eigenvalue weighted by Gasteiger charge is 2.12. The molecule has 1 aromatic carbocycles. The summed E-state index contributed by atoms with van der Waals surface area (Å²) in [6.45, 7) is 2.16. The first-order valence-corrected chi connectivity index (χ1v) is 6.42. The van der Waals surface area contributed by atoms with Gasteiger partial charge in [0.1, 0.15) is 0 Å². The average molecular weight is 291 g/mol. The summed E-state index contributed by atoms with van der Waals surface area (Å²) < 4.78 is 0. The number of rotatable bonds is 7. The Morgan fingerprint density at radius 1 is 1.05 bits per heavy atom. The van der Waals surface area contributed by atoms with Crippen LogP contribution in [0.4, 0.5) is 5.69 Å². The molecule has 3 N–H and O–H groups in total. The first-order valence-electron chi connectivity index (χ1n) is 6.42. The minimum Gasteiger partial charge on any atom is -0.359 e. The van der Waals surface area contributed by atoms with E-state index in [2.05, 4.69) is 16.0 Å². The van der Waals surface area contributed by atoms with Gasteiger partial charge in [0.25, 0.3) is 0 Å². The van der Waals surface area contributed by atoms with Crippen molar-refractivity contribution in [2.45, 2.75) is 13.3 Å². The van der Waals surface area contributed by atoms with Gasteiger partial charge in [-0.15, -0.1) is 0 Å². The SMILES string of the molecule is CC(=O)c1ccc(NC(=O)C(=O)NCCCNC=O)cc1. The van der Waals surface area contributed by atoms with Crippen LogP contribution in [0.3, 0.4) is 0 Å². The number of carbonyl (C=O) groups excluding carboxylic acids is 4. The maximum atomic E-state index is 11.6. The summed E-state index contributed by atoms with van der Waals surface area (Å²) in [5, 5.41) is 7.30. The summed E-state index contributed by atoms with van der Waals surface area (Å²) in [5.74, 6) is -1.61. The summed E-state index contributed by atoms with van der Waals surface area (Å²) in [4.78, 5) is 44.2. The molecule has 7 heteroatoms. The zero-order valence-corrected chi connectivity index (χ0v) is 11.6. The fourth-order valence-corrected chi connectivity index (χ4v) is 1.51. The van der Waals surface area contributed by atoms with Crippen LogP contribution < -0.4 is 16.0 Å². The lowest BCUT2D eigenvalue weighted by Crippen LogP contribution is -2.36. The summed E-state index contributed by atoms with van der Waals surface area (Å²) >= 11 is 0. The van der Waals surface area contributed by atoms with Crippen molar-refractivity contribution < 1.29 is 19.2 Å². The Labute approximate surface area is 122 Å². The van der Waals surface area contributed by atoms with Crippen LogP contribution in [0, 0.1) is 0 Å². The van der Waals surface area contributed by atoms with Gasteiger partial charge in [-0.25, -0.2) is 0 Å². The molecule has 0 heterocycles. The van der Waals surface area contributed by atoms with Crippen LogP contribution >= 0.6 is 0 Å². The minimum atomic E-state index is -0.783. The molecule has 0 aliphatic rings. The second kappa shape index (κ2) is 8.47. The van der Waals surface area contributed by atoms with Crippen LogP contribution in [0.2, 0.25) is 0 Å². The maximum Gasteiger partial charge on any atom is 0.313 e. The highest BCUT2D eigenvalue weighted by molar-refractivity contribution is 6.39. The molecule has 0 aliphatic heterocycles. The average Bonchev–Trinajstić information content (AvgIpc) is 2.47. The molecule has 3 amide bonds. The van der Waals surface area contributed by atoms with Crippen LogP contribution in [-0.2, 0) is 14.4 Å². The van der Waals surface area contributed by atoms with Gasteiger partial charge in [-0.2, -0.15) is 0 Å². The Morgan fingerprint density at radius 3 is 2.29 bits per heavy atom. The molecule has 112 valence electrons. The number of hydrogen-bond acceptors (Lipinski definition) is 4. The number of amides is 3. The van der Waals surface area contributed by atoms with Crippen LogP contribution in [0.25, 0.3) is 0 Å². The molecule has 21 heavy (non-hydrogen) atoms. The molecule has 0 atom stereocenters. The number of nitrogens with one attached hydrogen (secondary N) is 3. The lowest BCUT2D eigenvalue weighted by Gasteiger charge is -2.06.